The molecule has 3 fully saturated rings. The third-order valence-electron chi connectivity index (χ3n) is 6.47. The van der Waals surface area contributed by atoms with Crippen molar-refractivity contribution in [2.45, 2.75) is 95.8 Å². The van der Waals surface area contributed by atoms with Gasteiger partial charge in [-0.05, 0) is 38.5 Å². The molecule has 144 valence electrons. The average Bonchev–Trinajstić information content (AvgIpc) is 3.01. The van der Waals surface area contributed by atoms with Crippen LogP contribution in [0, 0.1) is 5.92 Å². The van der Waals surface area contributed by atoms with Crippen molar-refractivity contribution in [3.05, 3.63) is 0 Å². The predicted octanol–water partition coefficient (Wildman–Crippen LogP) is 1.69. The number of hydrogen-bond donors (Lipinski definition) is 2. The van der Waals surface area contributed by atoms with Crippen molar-refractivity contribution in [2.24, 2.45) is 5.92 Å². The Balaban J connectivity index is 1.58. The fourth-order valence-corrected chi connectivity index (χ4v) is 5.08. The van der Waals surface area contributed by atoms with Gasteiger partial charge in [0.05, 0.1) is 6.04 Å². The van der Waals surface area contributed by atoms with Crippen LogP contribution in [-0.4, -0.2) is 69.7 Å². The minimum atomic E-state index is -0.599. The van der Waals surface area contributed by atoms with E-state index >= 15 is 0 Å². The molecule has 6 atom stereocenters. The second-order valence-corrected chi connectivity index (χ2v) is 7.99. The minimum Gasteiger partial charge on any atom is -0.464 e. The van der Waals surface area contributed by atoms with Gasteiger partial charge in [0.25, 0.3) is 0 Å². The summed E-state index contributed by atoms with van der Waals surface area (Å²) in [4.78, 5) is 15.8. The van der Waals surface area contributed by atoms with Crippen LogP contribution in [0.15, 0.2) is 0 Å². The van der Waals surface area contributed by atoms with Gasteiger partial charge in [0.1, 0.15) is 19.1 Å². The number of ether oxygens (including phenoxy) is 1. The lowest BCUT2D eigenvalue weighted by molar-refractivity contribution is -0.200. The molecule has 0 spiro atoms. The summed E-state index contributed by atoms with van der Waals surface area (Å²) in [6, 6.07) is 0.247. The van der Waals surface area contributed by atoms with Crippen molar-refractivity contribution in [3.63, 3.8) is 0 Å². The summed E-state index contributed by atoms with van der Waals surface area (Å²) in [6.45, 7) is 4.75. The van der Waals surface area contributed by atoms with Crippen molar-refractivity contribution in [2.75, 3.05) is 13.2 Å². The van der Waals surface area contributed by atoms with Crippen LogP contribution in [0.2, 0.25) is 0 Å². The molecule has 0 radical (unpaired) electrons. The summed E-state index contributed by atoms with van der Waals surface area (Å²) in [5.41, 5.74) is 0. The molecule has 3 aliphatic rings. The second-order valence-electron chi connectivity index (χ2n) is 7.99. The summed E-state index contributed by atoms with van der Waals surface area (Å²) in [7, 11) is 0. The van der Waals surface area contributed by atoms with Gasteiger partial charge >= 0.3 is 5.97 Å². The van der Waals surface area contributed by atoms with E-state index in [2.05, 4.69) is 4.90 Å². The Morgan fingerprint density at radius 2 is 1.92 bits per heavy atom. The lowest BCUT2D eigenvalue weighted by atomic mass is 9.84. The Morgan fingerprint density at radius 1 is 1.16 bits per heavy atom. The van der Waals surface area contributed by atoms with Crippen LogP contribution >= 0.6 is 0 Å². The van der Waals surface area contributed by atoms with E-state index in [1.807, 2.05) is 18.7 Å². The van der Waals surface area contributed by atoms with Crippen molar-refractivity contribution < 1.29 is 19.7 Å². The molecule has 2 saturated heterocycles. The van der Waals surface area contributed by atoms with E-state index in [-0.39, 0.29) is 24.7 Å². The molecule has 0 aromatic carbocycles. The normalized spacial score (nSPS) is 39.0. The van der Waals surface area contributed by atoms with Crippen LogP contribution in [0.25, 0.3) is 0 Å². The molecular weight excluding hydrogens is 320 g/mol. The van der Waals surface area contributed by atoms with Crippen molar-refractivity contribution in [1.82, 2.24) is 9.80 Å². The number of carbonyl (C=O) groups excluding carboxylic acids is 1. The lowest BCUT2D eigenvalue weighted by Crippen LogP contribution is -2.67. The summed E-state index contributed by atoms with van der Waals surface area (Å²) >= 11 is 0. The SMILES string of the molecule is CCCCC(=O)OCCN1[C@@H](C)[C@H](O)N2[C@H]3CCCC[C@H]3C[C@H]2[C@@H]1O. The number of piperazine rings is 1. The van der Waals surface area contributed by atoms with Crippen LogP contribution in [0.5, 0.6) is 0 Å². The zero-order valence-corrected chi connectivity index (χ0v) is 15.6. The summed E-state index contributed by atoms with van der Waals surface area (Å²) < 4.78 is 5.30. The van der Waals surface area contributed by atoms with E-state index in [0.29, 0.717) is 24.9 Å². The van der Waals surface area contributed by atoms with Crippen LogP contribution in [-0.2, 0) is 9.53 Å². The Kier molecular flexibility index (Phi) is 6.36. The molecule has 2 aliphatic heterocycles. The molecule has 0 unspecified atom stereocenters. The van der Waals surface area contributed by atoms with Gasteiger partial charge in [0.15, 0.2) is 0 Å². The van der Waals surface area contributed by atoms with E-state index in [1.165, 1.54) is 19.3 Å². The standard InChI is InChI=1S/C19H34N2O4/c1-3-4-9-17(22)25-11-10-20-13(2)18(23)21-15-8-6-5-7-14(15)12-16(21)19(20)24/h13-16,18-19,23-24H,3-12H2,1-2H3/t13-,14-,15-,16-,18-,19-/m0/s1. The van der Waals surface area contributed by atoms with Gasteiger partial charge in [-0.3, -0.25) is 14.6 Å². The largest absolute Gasteiger partial charge is 0.464 e. The van der Waals surface area contributed by atoms with Crippen molar-refractivity contribution in [1.29, 1.82) is 0 Å². The number of nitrogens with zero attached hydrogens (tertiary/aromatic N) is 2. The highest BCUT2D eigenvalue weighted by atomic mass is 16.5. The average molecular weight is 354 g/mol. The molecule has 2 N–H and O–H groups in total. The van der Waals surface area contributed by atoms with Gasteiger partial charge in [-0.25, -0.2) is 0 Å². The predicted molar refractivity (Wildman–Crippen MR) is 94.7 cm³/mol. The molecule has 25 heavy (non-hydrogen) atoms. The molecule has 6 nitrogen and oxygen atoms in total. The number of aliphatic hydroxyl groups excluding tert-OH is 2. The van der Waals surface area contributed by atoms with Gasteiger partial charge < -0.3 is 14.9 Å². The van der Waals surface area contributed by atoms with E-state index in [9.17, 15) is 15.0 Å². The third kappa shape index (κ3) is 3.87. The Bertz CT molecular complexity index is 461. The molecule has 0 aromatic rings. The van der Waals surface area contributed by atoms with Gasteiger partial charge in [-0.2, -0.15) is 0 Å². The number of hydrogen-bond acceptors (Lipinski definition) is 6. The van der Waals surface area contributed by atoms with Gasteiger partial charge in [0.2, 0.25) is 0 Å². The highest BCUT2D eigenvalue weighted by Crippen LogP contribution is 2.44. The van der Waals surface area contributed by atoms with Gasteiger partial charge in [0, 0.05) is 25.0 Å². The summed E-state index contributed by atoms with van der Waals surface area (Å²) in [5, 5.41) is 21.8. The maximum Gasteiger partial charge on any atom is 0.305 e. The van der Waals surface area contributed by atoms with Gasteiger partial charge in [-0.1, -0.05) is 26.2 Å². The minimum absolute atomic E-state index is 0.00454. The molecule has 0 bridgehead atoms. The quantitative estimate of drug-likeness (QED) is 0.707. The first kappa shape index (κ1) is 19.1. The van der Waals surface area contributed by atoms with E-state index in [4.69, 9.17) is 4.74 Å². The number of carbonyl (C=O) groups is 1. The molecule has 1 aliphatic carbocycles. The van der Waals surface area contributed by atoms with Crippen molar-refractivity contribution in [3.8, 4) is 0 Å². The fraction of sp³-hybridized carbons (Fsp3) is 0.947. The number of rotatable bonds is 6. The van der Waals surface area contributed by atoms with Crippen LogP contribution in [0.1, 0.15) is 65.2 Å². The van der Waals surface area contributed by atoms with Gasteiger partial charge in [-0.15, -0.1) is 0 Å². The number of aliphatic hydroxyl groups is 2. The van der Waals surface area contributed by atoms with E-state index in [1.54, 1.807) is 0 Å². The van der Waals surface area contributed by atoms with E-state index in [0.717, 1.165) is 25.7 Å². The smallest absolute Gasteiger partial charge is 0.305 e. The molecule has 6 heteroatoms. The molecule has 0 amide bonds. The Hall–Kier alpha value is -0.690. The van der Waals surface area contributed by atoms with Crippen molar-refractivity contribution >= 4 is 5.97 Å². The molecule has 1 saturated carbocycles. The van der Waals surface area contributed by atoms with Crippen LogP contribution < -0.4 is 0 Å². The lowest BCUT2D eigenvalue weighted by Gasteiger charge is -2.51. The number of fused-ring (bicyclic) bond motifs is 3. The number of unbranched alkanes of at least 4 members (excludes halogenated alkanes) is 1. The maximum absolute atomic E-state index is 11.7. The summed E-state index contributed by atoms with van der Waals surface area (Å²) in [6.07, 6.45) is 6.91. The third-order valence-corrected chi connectivity index (χ3v) is 6.47. The summed E-state index contributed by atoms with van der Waals surface area (Å²) in [5.74, 6) is 0.428. The first-order valence-corrected chi connectivity index (χ1v) is 10.1. The first-order chi connectivity index (χ1) is 12.0. The highest BCUT2D eigenvalue weighted by Gasteiger charge is 2.53. The fourth-order valence-electron chi connectivity index (χ4n) is 5.08. The first-order valence-electron chi connectivity index (χ1n) is 10.1. The molecule has 2 heterocycles. The second kappa shape index (κ2) is 8.33. The molecular formula is C19H34N2O4. The van der Waals surface area contributed by atoms with Crippen LogP contribution in [0.3, 0.4) is 0 Å². The molecule has 3 rings (SSSR count). The Morgan fingerprint density at radius 3 is 2.68 bits per heavy atom. The Labute approximate surface area is 151 Å². The monoisotopic (exact) mass is 354 g/mol. The zero-order chi connectivity index (χ0) is 18.0. The van der Waals surface area contributed by atoms with E-state index < -0.39 is 12.5 Å². The topological polar surface area (TPSA) is 73.2 Å². The zero-order valence-electron chi connectivity index (χ0n) is 15.6. The number of esters is 1. The maximum atomic E-state index is 11.7. The van der Waals surface area contributed by atoms with Crippen LogP contribution in [0.4, 0.5) is 0 Å². The molecule has 0 aromatic heterocycles. The highest BCUT2D eigenvalue weighted by molar-refractivity contribution is 5.69.